The second kappa shape index (κ2) is 8.14. The first-order valence-electron chi connectivity index (χ1n) is 4.85. The van der Waals surface area contributed by atoms with Gasteiger partial charge in [-0.3, -0.25) is 0 Å². The Kier molecular flexibility index (Phi) is 7.61. The average Bonchev–Trinajstić information content (AvgIpc) is 2.25. The van der Waals surface area contributed by atoms with Gasteiger partial charge in [0.2, 0.25) is 5.88 Å². The zero-order valence-corrected chi connectivity index (χ0v) is 11.5. The van der Waals surface area contributed by atoms with Crippen LogP contribution in [0.25, 0.3) is 0 Å². The third-order valence-corrected chi connectivity index (χ3v) is 1.70. The summed E-state index contributed by atoms with van der Waals surface area (Å²) in [4.78, 5) is 8.00. The summed E-state index contributed by atoms with van der Waals surface area (Å²) in [7, 11) is 0. The monoisotopic (exact) mass is 336 g/mol. The standard InChI is InChI=1S/C10H16N4O.HI/c1-2-5-15-9-4-3-8(6-13-9)7-14-10(11)12;/h3-4,6H,2,5,7H2,1H3,(H4,11,12,14);1H. The number of nitrogens with zero attached hydrogens (tertiary/aromatic N) is 2. The zero-order valence-electron chi connectivity index (χ0n) is 9.22. The lowest BCUT2D eigenvalue weighted by atomic mass is 10.3. The summed E-state index contributed by atoms with van der Waals surface area (Å²) in [6.07, 6.45) is 2.68. The molecular weight excluding hydrogens is 319 g/mol. The van der Waals surface area contributed by atoms with Crippen molar-refractivity contribution in [3.63, 3.8) is 0 Å². The number of hydrogen-bond donors (Lipinski definition) is 2. The van der Waals surface area contributed by atoms with Gasteiger partial charge in [-0.2, -0.15) is 0 Å². The fourth-order valence-corrected chi connectivity index (χ4v) is 0.979. The van der Waals surface area contributed by atoms with Crippen LogP contribution in [-0.2, 0) is 6.54 Å². The number of nitrogens with two attached hydrogens (primary N) is 2. The number of ether oxygens (including phenoxy) is 1. The van der Waals surface area contributed by atoms with Crippen LogP contribution in [0, 0.1) is 0 Å². The van der Waals surface area contributed by atoms with Gasteiger partial charge in [-0.05, 0) is 12.0 Å². The number of halogens is 1. The van der Waals surface area contributed by atoms with E-state index in [1.807, 2.05) is 19.1 Å². The third kappa shape index (κ3) is 5.74. The fraction of sp³-hybridized carbons (Fsp3) is 0.400. The molecule has 0 radical (unpaired) electrons. The van der Waals surface area contributed by atoms with Crippen molar-refractivity contribution in [3.05, 3.63) is 23.9 Å². The van der Waals surface area contributed by atoms with Gasteiger partial charge in [-0.15, -0.1) is 24.0 Å². The van der Waals surface area contributed by atoms with Crippen molar-refractivity contribution in [1.82, 2.24) is 4.98 Å². The Labute approximate surface area is 112 Å². The van der Waals surface area contributed by atoms with Crippen LogP contribution < -0.4 is 16.2 Å². The largest absolute Gasteiger partial charge is 0.478 e. The molecule has 0 saturated carbocycles. The summed E-state index contributed by atoms with van der Waals surface area (Å²) in [6, 6.07) is 3.71. The van der Waals surface area contributed by atoms with Crippen LogP contribution in [0.1, 0.15) is 18.9 Å². The minimum Gasteiger partial charge on any atom is -0.478 e. The normalized spacial score (nSPS) is 9.06. The molecule has 0 atom stereocenters. The highest BCUT2D eigenvalue weighted by Crippen LogP contribution is 2.08. The molecule has 1 aromatic heterocycles. The van der Waals surface area contributed by atoms with Crippen molar-refractivity contribution < 1.29 is 4.74 Å². The summed E-state index contributed by atoms with van der Waals surface area (Å²) in [6.45, 7) is 3.18. The van der Waals surface area contributed by atoms with E-state index in [0.717, 1.165) is 12.0 Å². The topological polar surface area (TPSA) is 86.5 Å². The highest BCUT2D eigenvalue weighted by Gasteiger charge is 1.95. The Bertz CT molecular complexity index is 322. The summed E-state index contributed by atoms with van der Waals surface area (Å²) < 4.78 is 5.34. The van der Waals surface area contributed by atoms with Crippen LogP contribution in [0.15, 0.2) is 23.3 Å². The Morgan fingerprint density at radius 1 is 1.44 bits per heavy atom. The van der Waals surface area contributed by atoms with E-state index in [2.05, 4.69) is 9.98 Å². The summed E-state index contributed by atoms with van der Waals surface area (Å²) in [5.41, 5.74) is 11.4. The van der Waals surface area contributed by atoms with E-state index in [-0.39, 0.29) is 29.9 Å². The average molecular weight is 336 g/mol. The zero-order chi connectivity index (χ0) is 11.1. The molecule has 0 aromatic carbocycles. The molecule has 0 saturated heterocycles. The smallest absolute Gasteiger partial charge is 0.213 e. The molecular formula is C10H17IN4O. The number of pyridine rings is 1. The molecule has 1 aromatic rings. The van der Waals surface area contributed by atoms with Crippen LogP contribution in [0.3, 0.4) is 0 Å². The maximum absolute atomic E-state index is 5.34. The molecule has 0 aliphatic heterocycles. The van der Waals surface area contributed by atoms with Crippen LogP contribution in [0.5, 0.6) is 5.88 Å². The molecule has 16 heavy (non-hydrogen) atoms. The summed E-state index contributed by atoms with van der Waals surface area (Å²) >= 11 is 0. The molecule has 1 heterocycles. The van der Waals surface area contributed by atoms with E-state index >= 15 is 0 Å². The van der Waals surface area contributed by atoms with Crippen LogP contribution in [0.2, 0.25) is 0 Å². The highest BCUT2D eigenvalue weighted by atomic mass is 127. The van der Waals surface area contributed by atoms with Crippen molar-refractivity contribution in [1.29, 1.82) is 0 Å². The lowest BCUT2D eigenvalue weighted by Gasteiger charge is -2.03. The van der Waals surface area contributed by atoms with Gasteiger partial charge in [-0.1, -0.05) is 13.0 Å². The number of guanidine groups is 1. The SMILES string of the molecule is CCCOc1ccc(CN=C(N)N)cn1.I. The van der Waals surface area contributed by atoms with Gasteiger partial charge >= 0.3 is 0 Å². The molecule has 5 nitrogen and oxygen atoms in total. The second-order valence-electron chi connectivity index (χ2n) is 3.09. The first-order chi connectivity index (χ1) is 7.22. The number of aliphatic imine (C=N–C) groups is 1. The van der Waals surface area contributed by atoms with Gasteiger partial charge in [-0.25, -0.2) is 9.98 Å². The molecule has 6 heteroatoms. The molecule has 0 aliphatic carbocycles. The van der Waals surface area contributed by atoms with Crippen molar-refractivity contribution >= 4 is 29.9 Å². The molecule has 4 N–H and O–H groups in total. The summed E-state index contributed by atoms with van der Waals surface area (Å²) in [5.74, 6) is 0.714. The van der Waals surface area contributed by atoms with Crippen molar-refractivity contribution in [2.75, 3.05) is 6.61 Å². The fourth-order valence-electron chi connectivity index (χ4n) is 0.979. The number of rotatable bonds is 5. The predicted molar refractivity (Wildman–Crippen MR) is 75.0 cm³/mol. The first-order valence-corrected chi connectivity index (χ1v) is 4.85. The van der Waals surface area contributed by atoms with Crippen LogP contribution >= 0.6 is 24.0 Å². The van der Waals surface area contributed by atoms with E-state index in [4.69, 9.17) is 16.2 Å². The molecule has 0 bridgehead atoms. The molecule has 0 fully saturated rings. The van der Waals surface area contributed by atoms with Crippen molar-refractivity contribution in [3.8, 4) is 5.88 Å². The third-order valence-electron chi connectivity index (χ3n) is 1.70. The minimum absolute atomic E-state index is 0. The first kappa shape index (κ1) is 14.9. The lowest BCUT2D eigenvalue weighted by molar-refractivity contribution is 0.305. The summed E-state index contributed by atoms with van der Waals surface area (Å²) in [5, 5.41) is 0. The van der Waals surface area contributed by atoms with E-state index in [0.29, 0.717) is 19.0 Å². The highest BCUT2D eigenvalue weighted by molar-refractivity contribution is 14.0. The van der Waals surface area contributed by atoms with Gasteiger partial charge in [0, 0.05) is 12.3 Å². The maximum Gasteiger partial charge on any atom is 0.213 e. The quantitative estimate of drug-likeness (QED) is 0.482. The number of hydrogen-bond acceptors (Lipinski definition) is 3. The molecule has 0 unspecified atom stereocenters. The minimum atomic E-state index is 0. The second-order valence-corrected chi connectivity index (χ2v) is 3.09. The Morgan fingerprint density at radius 3 is 2.69 bits per heavy atom. The van der Waals surface area contributed by atoms with Gasteiger partial charge in [0.05, 0.1) is 13.2 Å². The molecule has 90 valence electrons. The van der Waals surface area contributed by atoms with Gasteiger partial charge in [0.1, 0.15) is 0 Å². The van der Waals surface area contributed by atoms with E-state index < -0.39 is 0 Å². The number of aromatic nitrogens is 1. The Morgan fingerprint density at radius 2 is 2.19 bits per heavy atom. The van der Waals surface area contributed by atoms with Gasteiger partial charge < -0.3 is 16.2 Å². The van der Waals surface area contributed by atoms with Gasteiger partial charge in [0.15, 0.2) is 5.96 Å². The molecule has 1 rings (SSSR count). The lowest BCUT2D eigenvalue weighted by Crippen LogP contribution is -2.22. The molecule has 0 aliphatic rings. The van der Waals surface area contributed by atoms with Crippen molar-refractivity contribution in [2.45, 2.75) is 19.9 Å². The van der Waals surface area contributed by atoms with E-state index in [9.17, 15) is 0 Å². The van der Waals surface area contributed by atoms with E-state index in [1.165, 1.54) is 0 Å². The van der Waals surface area contributed by atoms with Crippen LogP contribution in [0.4, 0.5) is 0 Å². The maximum atomic E-state index is 5.34. The van der Waals surface area contributed by atoms with Crippen LogP contribution in [-0.4, -0.2) is 17.6 Å². The van der Waals surface area contributed by atoms with E-state index in [1.54, 1.807) is 6.20 Å². The predicted octanol–water partition coefficient (Wildman–Crippen LogP) is 1.26. The molecule has 0 amide bonds. The Balaban J connectivity index is 0.00000225. The van der Waals surface area contributed by atoms with Crippen molar-refractivity contribution in [2.24, 2.45) is 16.5 Å². The Hall–Kier alpha value is -1.05. The molecule has 0 spiro atoms. The van der Waals surface area contributed by atoms with Gasteiger partial charge in [0.25, 0.3) is 0 Å².